The van der Waals surface area contributed by atoms with Crippen LogP contribution in [0.3, 0.4) is 0 Å². The molecular formula is C12H12N2O2. The predicted molar refractivity (Wildman–Crippen MR) is 62.9 cm³/mol. The van der Waals surface area contributed by atoms with E-state index in [4.69, 9.17) is 5.11 Å². The molecule has 4 nitrogen and oxygen atoms in total. The highest BCUT2D eigenvalue weighted by molar-refractivity contribution is 6.04. The van der Waals surface area contributed by atoms with Crippen LogP contribution in [0.1, 0.15) is 17.3 Å². The zero-order chi connectivity index (χ0) is 11.5. The van der Waals surface area contributed by atoms with E-state index in [0.717, 1.165) is 10.9 Å². The van der Waals surface area contributed by atoms with Gasteiger partial charge in [-0.1, -0.05) is 18.2 Å². The first-order valence-corrected chi connectivity index (χ1v) is 5.09. The van der Waals surface area contributed by atoms with Crippen molar-refractivity contribution in [2.75, 3.05) is 11.9 Å². The number of nitrogens with zero attached hydrogens (tertiary/aromatic N) is 1. The fraction of sp³-hybridized carbons (Fsp3) is 0.167. The van der Waals surface area contributed by atoms with E-state index in [1.165, 1.54) is 6.20 Å². The number of carbonyl (C=O) groups is 1. The van der Waals surface area contributed by atoms with E-state index >= 15 is 0 Å². The van der Waals surface area contributed by atoms with Crippen molar-refractivity contribution in [1.82, 2.24) is 4.98 Å². The van der Waals surface area contributed by atoms with Gasteiger partial charge in [0.05, 0.1) is 11.2 Å². The number of nitrogens with one attached hydrogen (secondary N) is 1. The van der Waals surface area contributed by atoms with Crippen LogP contribution in [0.2, 0.25) is 0 Å². The summed E-state index contributed by atoms with van der Waals surface area (Å²) in [6.45, 7) is 2.61. The van der Waals surface area contributed by atoms with Gasteiger partial charge in [0.2, 0.25) is 0 Å². The van der Waals surface area contributed by atoms with Crippen molar-refractivity contribution in [3.05, 3.63) is 36.0 Å². The Labute approximate surface area is 92.9 Å². The molecule has 0 fully saturated rings. The van der Waals surface area contributed by atoms with E-state index in [9.17, 15) is 4.79 Å². The van der Waals surface area contributed by atoms with Gasteiger partial charge in [-0.2, -0.15) is 0 Å². The summed E-state index contributed by atoms with van der Waals surface area (Å²) in [6.07, 6.45) is 1.39. The summed E-state index contributed by atoms with van der Waals surface area (Å²) in [5.41, 5.74) is 1.64. The molecule has 4 heteroatoms. The summed E-state index contributed by atoms with van der Waals surface area (Å²) in [5, 5.41) is 13.0. The number of para-hydroxylation sites is 1. The molecule has 16 heavy (non-hydrogen) atoms. The van der Waals surface area contributed by atoms with Crippen LogP contribution >= 0.6 is 0 Å². The lowest BCUT2D eigenvalue weighted by molar-refractivity contribution is 0.0697. The van der Waals surface area contributed by atoms with Gasteiger partial charge in [-0.3, -0.25) is 4.98 Å². The van der Waals surface area contributed by atoms with Crippen LogP contribution < -0.4 is 5.32 Å². The molecule has 82 valence electrons. The Bertz CT molecular complexity index is 538. The van der Waals surface area contributed by atoms with Gasteiger partial charge in [-0.25, -0.2) is 4.79 Å². The van der Waals surface area contributed by atoms with E-state index in [-0.39, 0.29) is 5.56 Å². The third-order valence-electron chi connectivity index (χ3n) is 2.36. The van der Waals surface area contributed by atoms with Gasteiger partial charge in [-0.15, -0.1) is 0 Å². The molecule has 2 N–H and O–H groups in total. The van der Waals surface area contributed by atoms with Crippen LogP contribution in [0.25, 0.3) is 10.9 Å². The fourth-order valence-electron chi connectivity index (χ4n) is 1.67. The van der Waals surface area contributed by atoms with Crippen LogP contribution in [0.4, 0.5) is 5.69 Å². The third kappa shape index (κ3) is 1.69. The van der Waals surface area contributed by atoms with Crippen molar-refractivity contribution in [1.29, 1.82) is 0 Å². The molecule has 0 unspecified atom stereocenters. The maximum atomic E-state index is 11.1. The minimum Gasteiger partial charge on any atom is -0.478 e. The second-order valence-electron chi connectivity index (χ2n) is 3.40. The topological polar surface area (TPSA) is 62.2 Å². The summed E-state index contributed by atoms with van der Waals surface area (Å²) in [5.74, 6) is -0.964. The number of fused-ring (bicyclic) bond motifs is 1. The first kappa shape index (κ1) is 10.4. The van der Waals surface area contributed by atoms with Crippen molar-refractivity contribution in [3.8, 4) is 0 Å². The summed E-state index contributed by atoms with van der Waals surface area (Å²) < 4.78 is 0. The van der Waals surface area contributed by atoms with Gasteiger partial charge in [0.1, 0.15) is 5.56 Å². The number of anilines is 1. The molecule has 0 atom stereocenters. The summed E-state index contributed by atoms with van der Waals surface area (Å²) in [4.78, 5) is 15.2. The van der Waals surface area contributed by atoms with Gasteiger partial charge in [0, 0.05) is 18.1 Å². The van der Waals surface area contributed by atoms with Gasteiger partial charge in [0.15, 0.2) is 0 Å². The second kappa shape index (κ2) is 4.18. The highest BCUT2D eigenvalue weighted by Crippen LogP contribution is 2.25. The maximum absolute atomic E-state index is 11.1. The average Bonchev–Trinajstić information content (AvgIpc) is 2.29. The maximum Gasteiger partial charge on any atom is 0.339 e. The molecule has 0 aliphatic rings. The van der Waals surface area contributed by atoms with Crippen LogP contribution in [0.15, 0.2) is 30.5 Å². The molecule has 0 aliphatic carbocycles. The molecule has 1 heterocycles. The second-order valence-corrected chi connectivity index (χ2v) is 3.40. The summed E-state index contributed by atoms with van der Waals surface area (Å²) in [7, 11) is 0. The fourth-order valence-corrected chi connectivity index (χ4v) is 1.67. The quantitative estimate of drug-likeness (QED) is 0.826. The molecule has 1 aromatic heterocycles. The van der Waals surface area contributed by atoms with Crippen molar-refractivity contribution in [3.63, 3.8) is 0 Å². The van der Waals surface area contributed by atoms with Gasteiger partial charge in [0.25, 0.3) is 0 Å². The molecule has 0 aliphatic heterocycles. The Morgan fingerprint density at radius 2 is 2.19 bits per heavy atom. The third-order valence-corrected chi connectivity index (χ3v) is 2.36. The number of aromatic carboxylic acids is 1. The summed E-state index contributed by atoms with van der Waals surface area (Å²) >= 11 is 0. The smallest absolute Gasteiger partial charge is 0.339 e. The lowest BCUT2D eigenvalue weighted by Gasteiger charge is -2.10. The van der Waals surface area contributed by atoms with Gasteiger partial charge >= 0.3 is 5.97 Å². The molecule has 0 amide bonds. The molecule has 0 bridgehead atoms. The number of benzene rings is 1. The number of carboxylic acid groups (broad SMARTS) is 1. The molecule has 0 radical (unpaired) electrons. The number of carboxylic acids is 1. The Morgan fingerprint density at radius 1 is 1.44 bits per heavy atom. The number of rotatable bonds is 3. The molecule has 0 saturated heterocycles. The monoisotopic (exact) mass is 216 g/mol. The molecule has 2 aromatic rings. The average molecular weight is 216 g/mol. The van der Waals surface area contributed by atoms with E-state index in [2.05, 4.69) is 10.3 Å². The van der Waals surface area contributed by atoms with E-state index in [0.29, 0.717) is 12.2 Å². The minimum absolute atomic E-state index is 0.209. The first-order chi connectivity index (χ1) is 7.74. The Balaban J connectivity index is 2.73. The Hall–Kier alpha value is -2.10. The predicted octanol–water partition coefficient (Wildman–Crippen LogP) is 2.36. The van der Waals surface area contributed by atoms with Crippen LogP contribution in [-0.2, 0) is 0 Å². The van der Waals surface area contributed by atoms with Crippen LogP contribution in [-0.4, -0.2) is 22.6 Å². The molecule has 2 rings (SSSR count). The molecule has 0 saturated carbocycles. The highest BCUT2D eigenvalue weighted by atomic mass is 16.4. The van der Waals surface area contributed by atoms with E-state index in [1.54, 1.807) is 0 Å². The van der Waals surface area contributed by atoms with E-state index < -0.39 is 5.97 Å². The summed E-state index contributed by atoms with van der Waals surface area (Å²) in [6, 6.07) is 7.48. The van der Waals surface area contributed by atoms with Gasteiger partial charge in [-0.05, 0) is 13.0 Å². The zero-order valence-electron chi connectivity index (χ0n) is 8.90. The van der Waals surface area contributed by atoms with Crippen molar-refractivity contribution in [2.24, 2.45) is 0 Å². The molecule has 0 spiro atoms. The lowest BCUT2D eigenvalue weighted by Crippen LogP contribution is -2.07. The largest absolute Gasteiger partial charge is 0.478 e. The van der Waals surface area contributed by atoms with Crippen molar-refractivity contribution in [2.45, 2.75) is 6.92 Å². The van der Waals surface area contributed by atoms with Crippen molar-refractivity contribution < 1.29 is 9.90 Å². The number of aromatic nitrogens is 1. The lowest BCUT2D eigenvalue weighted by atomic mass is 10.1. The minimum atomic E-state index is -0.964. The van der Waals surface area contributed by atoms with Crippen LogP contribution in [0.5, 0.6) is 0 Å². The number of hydrogen-bond donors (Lipinski definition) is 2. The highest BCUT2D eigenvalue weighted by Gasteiger charge is 2.13. The molecule has 1 aromatic carbocycles. The Kier molecular flexibility index (Phi) is 2.72. The SMILES string of the molecule is CCNc1c(C(=O)O)cnc2ccccc12. The van der Waals surface area contributed by atoms with E-state index in [1.807, 2.05) is 31.2 Å². The van der Waals surface area contributed by atoms with Crippen molar-refractivity contribution >= 4 is 22.6 Å². The number of hydrogen-bond acceptors (Lipinski definition) is 3. The zero-order valence-corrected chi connectivity index (χ0v) is 8.90. The molecular weight excluding hydrogens is 204 g/mol. The Morgan fingerprint density at radius 3 is 2.88 bits per heavy atom. The normalized spacial score (nSPS) is 10.3. The van der Waals surface area contributed by atoms with Crippen LogP contribution in [0, 0.1) is 0 Å². The number of pyridine rings is 1. The van der Waals surface area contributed by atoms with Gasteiger partial charge < -0.3 is 10.4 Å². The first-order valence-electron chi connectivity index (χ1n) is 5.09. The standard InChI is InChI=1S/C12H12N2O2/c1-2-13-11-8-5-3-4-6-10(8)14-7-9(11)12(15)16/h3-7H,2H2,1H3,(H,13,14)(H,15,16).